The van der Waals surface area contributed by atoms with Gasteiger partial charge >= 0.3 is 0 Å². The van der Waals surface area contributed by atoms with Gasteiger partial charge in [-0.1, -0.05) is 6.07 Å². The predicted octanol–water partition coefficient (Wildman–Crippen LogP) is 3.31. The Morgan fingerprint density at radius 3 is 2.95 bits per heavy atom. The molecule has 1 aliphatic rings. The molecule has 0 N–H and O–H groups in total. The van der Waals surface area contributed by atoms with E-state index in [1.165, 1.54) is 5.56 Å². The van der Waals surface area contributed by atoms with E-state index < -0.39 is 0 Å². The molecule has 0 saturated heterocycles. The zero-order chi connectivity index (χ0) is 14.1. The minimum atomic E-state index is -0.0982. The Hall–Kier alpha value is -2.16. The van der Waals surface area contributed by atoms with Gasteiger partial charge in [0.25, 0.3) is 0 Å². The molecule has 3 rings (SSSR count). The van der Waals surface area contributed by atoms with Crippen molar-refractivity contribution in [2.45, 2.75) is 25.7 Å². The first-order valence-corrected chi connectivity index (χ1v) is 6.83. The summed E-state index contributed by atoms with van der Waals surface area (Å²) in [5, 5.41) is 0. The lowest BCUT2D eigenvalue weighted by atomic mass is 9.94. The molecule has 0 radical (unpaired) electrons. The third-order valence-electron chi connectivity index (χ3n) is 3.95. The van der Waals surface area contributed by atoms with Crippen LogP contribution in [0.2, 0.25) is 0 Å². The van der Waals surface area contributed by atoms with E-state index in [1.54, 1.807) is 13.3 Å². The molecule has 20 heavy (non-hydrogen) atoms. The number of pyridine rings is 1. The van der Waals surface area contributed by atoms with Gasteiger partial charge in [-0.15, -0.1) is 0 Å². The van der Waals surface area contributed by atoms with Gasteiger partial charge in [0.15, 0.2) is 5.78 Å². The second kappa shape index (κ2) is 5.08. The number of rotatable bonds is 3. The van der Waals surface area contributed by atoms with Crippen LogP contribution in [0.5, 0.6) is 5.75 Å². The zero-order valence-corrected chi connectivity index (χ0v) is 11.7. The van der Waals surface area contributed by atoms with Crippen molar-refractivity contribution in [2.75, 3.05) is 7.11 Å². The van der Waals surface area contributed by atoms with Gasteiger partial charge in [0.05, 0.1) is 18.7 Å². The minimum absolute atomic E-state index is 0.0982. The summed E-state index contributed by atoms with van der Waals surface area (Å²) in [5.74, 6) is 0.874. The van der Waals surface area contributed by atoms with E-state index in [0.29, 0.717) is 0 Å². The highest BCUT2D eigenvalue weighted by Gasteiger charge is 2.30. The monoisotopic (exact) mass is 267 g/mol. The Morgan fingerprint density at radius 1 is 1.35 bits per heavy atom. The highest BCUT2D eigenvalue weighted by Crippen LogP contribution is 2.34. The summed E-state index contributed by atoms with van der Waals surface area (Å²) in [6.45, 7) is 1.95. The number of aryl methyl sites for hydroxylation is 2. The molecule has 0 saturated carbocycles. The Morgan fingerprint density at radius 2 is 2.20 bits per heavy atom. The average Bonchev–Trinajstić information content (AvgIpc) is 2.90. The van der Waals surface area contributed by atoms with Gasteiger partial charge < -0.3 is 4.74 Å². The molecule has 1 unspecified atom stereocenters. The summed E-state index contributed by atoms with van der Waals surface area (Å²) in [4.78, 5) is 17.1. The zero-order valence-electron chi connectivity index (χ0n) is 11.7. The number of fused-ring (bicyclic) bond motifs is 1. The van der Waals surface area contributed by atoms with E-state index in [9.17, 15) is 4.79 Å². The van der Waals surface area contributed by atoms with E-state index in [2.05, 4.69) is 11.1 Å². The molecular weight excluding hydrogens is 250 g/mol. The normalized spacial score (nSPS) is 16.8. The quantitative estimate of drug-likeness (QED) is 0.801. The Bertz CT molecular complexity index is 664. The van der Waals surface area contributed by atoms with Gasteiger partial charge in [-0.3, -0.25) is 9.78 Å². The van der Waals surface area contributed by atoms with Crippen LogP contribution < -0.4 is 4.74 Å². The van der Waals surface area contributed by atoms with Crippen molar-refractivity contribution < 1.29 is 9.53 Å². The number of carbonyl (C=O) groups excluding carboxylic acids is 1. The van der Waals surface area contributed by atoms with Gasteiger partial charge in [-0.2, -0.15) is 0 Å². The molecule has 1 aliphatic carbocycles. The predicted molar refractivity (Wildman–Crippen MR) is 77.4 cm³/mol. The van der Waals surface area contributed by atoms with Crippen LogP contribution in [-0.2, 0) is 6.42 Å². The number of nitrogens with zero attached hydrogens (tertiary/aromatic N) is 1. The van der Waals surface area contributed by atoms with Crippen LogP contribution in [-0.4, -0.2) is 17.9 Å². The largest absolute Gasteiger partial charge is 0.496 e. The second-order valence-electron chi connectivity index (χ2n) is 5.19. The van der Waals surface area contributed by atoms with Gasteiger partial charge in [-0.25, -0.2) is 0 Å². The standard InChI is InChI=1S/C17H17NO2/c1-11-10-13(6-8-15(11)20-2)17(19)14-7-5-12-4-3-9-18-16(12)14/h3-4,6,8-10,14H,5,7H2,1-2H3. The number of carbonyl (C=O) groups is 1. The summed E-state index contributed by atoms with van der Waals surface area (Å²) in [6.07, 6.45) is 3.56. The summed E-state index contributed by atoms with van der Waals surface area (Å²) in [6, 6.07) is 9.60. The number of methoxy groups -OCH3 is 1. The highest BCUT2D eigenvalue weighted by atomic mass is 16.5. The number of hydrogen-bond acceptors (Lipinski definition) is 3. The third-order valence-corrected chi connectivity index (χ3v) is 3.95. The molecule has 0 fully saturated rings. The molecule has 1 aromatic carbocycles. The number of Topliss-reactive ketones (excluding diaryl/α,β-unsaturated/α-hetero) is 1. The van der Waals surface area contributed by atoms with E-state index in [0.717, 1.165) is 35.4 Å². The van der Waals surface area contributed by atoms with E-state index in [4.69, 9.17) is 4.74 Å². The van der Waals surface area contributed by atoms with Crippen molar-refractivity contribution in [2.24, 2.45) is 0 Å². The van der Waals surface area contributed by atoms with E-state index in [1.807, 2.05) is 31.2 Å². The Balaban J connectivity index is 1.93. The summed E-state index contributed by atoms with van der Waals surface area (Å²) in [5.41, 5.74) is 3.88. The van der Waals surface area contributed by atoms with Crippen molar-refractivity contribution in [3.63, 3.8) is 0 Å². The summed E-state index contributed by atoms with van der Waals surface area (Å²) in [7, 11) is 1.64. The van der Waals surface area contributed by atoms with Crippen molar-refractivity contribution in [1.82, 2.24) is 4.98 Å². The second-order valence-corrected chi connectivity index (χ2v) is 5.19. The van der Waals surface area contributed by atoms with Crippen LogP contribution in [0.1, 0.15) is 39.5 Å². The topological polar surface area (TPSA) is 39.2 Å². The van der Waals surface area contributed by atoms with Gasteiger partial charge in [-0.05, 0) is 55.2 Å². The molecule has 3 heteroatoms. The third kappa shape index (κ3) is 2.09. The number of aromatic nitrogens is 1. The fourth-order valence-corrected chi connectivity index (χ4v) is 2.90. The lowest BCUT2D eigenvalue weighted by Gasteiger charge is -2.11. The van der Waals surface area contributed by atoms with Crippen molar-refractivity contribution in [3.05, 3.63) is 58.9 Å². The highest BCUT2D eigenvalue weighted by molar-refractivity contribution is 6.01. The van der Waals surface area contributed by atoms with Gasteiger partial charge in [0.2, 0.25) is 0 Å². The molecule has 1 aromatic heterocycles. The van der Waals surface area contributed by atoms with Crippen LogP contribution in [0.15, 0.2) is 36.5 Å². The molecule has 0 bridgehead atoms. The maximum Gasteiger partial charge on any atom is 0.171 e. The van der Waals surface area contributed by atoms with Crippen molar-refractivity contribution in [1.29, 1.82) is 0 Å². The Kier molecular flexibility index (Phi) is 3.26. The minimum Gasteiger partial charge on any atom is -0.496 e. The summed E-state index contributed by atoms with van der Waals surface area (Å²) >= 11 is 0. The number of benzene rings is 1. The molecule has 1 heterocycles. The average molecular weight is 267 g/mol. The van der Waals surface area contributed by atoms with Crippen LogP contribution in [0.25, 0.3) is 0 Å². The van der Waals surface area contributed by atoms with Crippen LogP contribution >= 0.6 is 0 Å². The first-order chi connectivity index (χ1) is 9.70. The number of hydrogen-bond donors (Lipinski definition) is 0. The molecule has 0 spiro atoms. The van der Waals surface area contributed by atoms with Gasteiger partial charge in [0.1, 0.15) is 5.75 Å². The molecule has 0 amide bonds. The fraction of sp³-hybridized carbons (Fsp3) is 0.294. The number of ether oxygens (including phenoxy) is 1. The van der Waals surface area contributed by atoms with Crippen LogP contribution in [0, 0.1) is 6.92 Å². The summed E-state index contributed by atoms with van der Waals surface area (Å²) < 4.78 is 5.24. The Labute approximate surface area is 118 Å². The number of ketones is 1. The lowest BCUT2D eigenvalue weighted by Crippen LogP contribution is -2.11. The molecule has 1 atom stereocenters. The maximum atomic E-state index is 12.7. The maximum absolute atomic E-state index is 12.7. The van der Waals surface area contributed by atoms with Crippen LogP contribution in [0.4, 0.5) is 0 Å². The lowest BCUT2D eigenvalue weighted by molar-refractivity contribution is 0.0958. The first kappa shape index (κ1) is 12.9. The van der Waals surface area contributed by atoms with E-state index in [-0.39, 0.29) is 11.7 Å². The van der Waals surface area contributed by atoms with Crippen molar-refractivity contribution in [3.8, 4) is 5.75 Å². The smallest absolute Gasteiger partial charge is 0.171 e. The first-order valence-electron chi connectivity index (χ1n) is 6.83. The fourth-order valence-electron chi connectivity index (χ4n) is 2.90. The molecule has 3 nitrogen and oxygen atoms in total. The molecule has 2 aromatic rings. The van der Waals surface area contributed by atoms with Gasteiger partial charge in [0, 0.05) is 11.8 Å². The SMILES string of the molecule is COc1ccc(C(=O)C2CCc3cccnc32)cc1C. The molecule has 102 valence electrons. The molecular formula is C17H17NO2. The molecule has 0 aliphatic heterocycles. The van der Waals surface area contributed by atoms with E-state index >= 15 is 0 Å². The van der Waals surface area contributed by atoms with Crippen LogP contribution in [0.3, 0.4) is 0 Å². The van der Waals surface area contributed by atoms with Crippen molar-refractivity contribution >= 4 is 5.78 Å².